The first-order chi connectivity index (χ1) is 51.2. The summed E-state index contributed by atoms with van der Waals surface area (Å²) in [7, 11) is 0. The van der Waals surface area contributed by atoms with Crippen molar-refractivity contribution in [1.29, 1.82) is 0 Å². The molecule has 1 aliphatic heterocycles. The molecule has 0 unspecified atom stereocenters. The molecule has 5 N–H and O–H groups in total. The molecule has 0 radical (unpaired) electrons. The van der Waals surface area contributed by atoms with Gasteiger partial charge in [-0.2, -0.15) is 0 Å². The van der Waals surface area contributed by atoms with Crippen LogP contribution in [0.4, 0.5) is 22.7 Å². The lowest BCUT2D eigenvalue weighted by atomic mass is 9.86. The molecule has 12 aromatic rings. The second kappa shape index (κ2) is 39.3. The highest BCUT2D eigenvalue weighted by Crippen LogP contribution is 2.39. The average Bonchev–Trinajstić information content (AvgIpc) is 1.66. The highest BCUT2D eigenvalue weighted by Gasteiger charge is 2.22. The van der Waals surface area contributed by atoms with Gasteiger partial charge in [0.15, 0.2) is 0 Å². The fourth-order valence-electron chi connectivity index (χ4n) is 10.9. The maximum Gasteiger partial charge on any atom is 0.255 e. The van der Waals surface area contributed by atoms with Crippen LogP contribution < -0.4 is 26.6 Å². The lowest BCUT2D eigenvalue weighted by molar-refractivity contribution is 0.102. The first-order valence-electron chi connectivity index (χ1n) is 35.5. The molecule has 10 aromatic carbocycles. The van der Waals surface area contributed by atoms with Crippen LogP contribution in [0.1, 0.15) is 158 Å². The fourth-order valence-corrected chi connectivity index (χ4v) is 17.3. The number of benzene rings is 10. The van der Waals surface area contributed by atoms with E-state index in [0.717, 1.165) is 101 Å². The van der Waals surface area contributed by atoms with Crippen molar-refractivity contribution in [3.8, 4) is 21.1 Å². The van der Waals surface area contributed by atoms with E-state index in [1.807, 2.05) is 97.1 Å². The van der Waals surface area contributed by atoms with Crippen LogP contribution in [0.5, 0.6) is 0 Å². The summed E-state index contributed by atoms with van der Waals surface area (Å²) in [6, 6.07) is 71.3. The SMILES string of the molecule is CC(C)(C)c1ccc(-c2nc3c(Br)cccc3s2)cc1.CC(C)(C)c1ccc(-c2nc3c(N4CCNCC4)cccc3s2)cc1.CC(C)(C)c1ccc(C(=O)Cl)cc1.CC(C)(C)c1ccc(C(=O)Nc2c(Br)cccc2Br)cc1.CC(C)(C)c1ccc(C(=S)Nc2c(Br)cccc2Br)cc1.Nc1c(Br)cccc1Br. The largest absolute Gasteiger partial charge is 0.397 e. The number of para-hydroxylation sites is 5. The fraction of sp³-hybridized carbons (Fsp3) is 0.270. The maximum absolute atomic E-state index is 12.3. The summed E-state index contributed by atoms with van der Waals surface area (Å²) in [5.41, 5.74) is 23.2. The minimum Gasteiger partial charge on any atom is -0.397 e. The van der Waals surface area contributed by atoms with Crippen LogP contribution in [0.3, 0.4) is 0 Å². The summed E-state index contributed by atoms with van der Waals surface area (Å²) in [5, 5.41) is 11.4. The molecule has 0 saturated carbocycles. The molecule has 570 valence electrons. The highest BCUT2D eigenvalue weighted by atomic mass is 79.9. The molecular formula is C89H93Br7ClN7O2S3. The lowest BCUT2D eigenvalue weighted by Crippen LogP contribution is -2.43. The summed E-state index contributed by atoms with van der Waals surface area (Å²) in [5.74, 6) is -0.122. The van der Waals surface area contributed by atoms with Gasteiger partial charge in [-0.15, -0.1) is 22.7 Å². The zero-order valence-electron chi connectivity index (χ0n) is 64.0. The third-order valence-corrected chi connectivity index (χ3v) is 25.0. The summed E-state index contributed by atoms with van der Waals surface area (Å²) < 4.78 is 9.04. The topological polar surface area (TPSA) is 125 Å². The Morgan fingerprint density at radius 3 is 1.09 bits per heavy atom. The van der Waals surface area contributed by atoms with Gasteiger partial charge in [0, 0.05) is 85.3 Å². The number of hydrogen-bond donors (Lipinski definition) is 4. The number of nitrogens with zero attached hydrogens (tertiary/aromatic N) is 3. The molecule has 0 spiro atoms. The van der Waals surface area contributed by atoms with Crippen LogP contribution >= 0.6 is 158 Å². The van der Waals surface area contributed by atoms with E-state index in [0.29, 0.717) is 16.1 Å². The third kappa shape index (κ3) is 25.6. The van der Waals surface area contributed by atoms with E-state index in [9.17, 15) is 9.59 Å². The van der Waals surface area contributed by atoms with Gasteiger partial charge in [0.25, 0.3) is 11.1 Å². The zero-order valence-corrected chi connectivity index (χ0v) is 78.3. The number of amides is 1. The van der Waals surface area contributed by atoms with Crippen molar-refractivity contribution in [3.05, 3.63) is 288 Å². The van der Waals surface area contributed by atoms with Gasteiger partial charge in [0.05, 0.1) is 37.7 Å². The molecule has 0 aliphatic carbocycles. The maximum atomic E-state index is 12.3. The predicted molar refractivity (Wildman–Crippen MR) is 499 cm³/mol. The second-order valence-electron chi connectivity index (χ2n) is 31.1. The predicted octanol–water partition coefficient (Wildman–Crippen LogP) is 28.9. The van der Waals surface area contributed by atoms with Crippen molar-refractivity contribution in [2.75, 3.05) is 47.4 Å². The number of aromatic nitrogens is 2. The molecule has 109 heavy (non-hydrogen) atoms. The Balaban J connectivity index is 0.000000168. The van der Waals surface area contributed by atoms with Gasteiger partial charge in [-0.1, -0.05) is 243 Å². The molecule has 1 aliphatic rings. The van der Waals surface area contributed by atoms with E-state index in [1.54, 1.807) is 34.8 Å². The van der Waals surface area contributed by atoms with Gasteiger partial charge < -0.3 is 26.6 Å². The summed E-state index contributed by atoms with van der Waals surface area (Å²) in [6.07, 6.45) is 0. The molecule has 2 aromatic heterocycles. The third-order valence-electron chi connectivity index (χ3n) is 17.6. The molecule has 9 nitrogen and oxygen atoms in total. The average molecular weight is 1980 g/mol. The van der Waals surface area contributed by atoms with Gasteiger partial charge in [-0.3, -0.25) is 9.59 Å². The molecular weight excluding hydrogens is 1890 g/mol. The van der Waals surface area contributed by atoms with Gasteiger partial charge in [0.2, 0.25) is 0 Å². The molecule has 13 rings (SSSR count). The number of thiocarbonyl (C=S) groups is 1. The van der Waals surface area contributed by atoms with Crippen LogP contribution in [0.2, 0.25) is 0 Å². The van der Waals surface area contributed by atoms with Crippen molar-refractivity contribution < 1.29 is 9.59 Å². The highest BCUT2D eigenvalue weighted by molar-refractivity contribution is 9.12. The Hall–Kier alpha value is -5.78. The monoisotopic (exact) mass is 1980 g/mol. The number of hydrogen-bond acceptors (Lipinski definition) is 10. The smallest absolute Gasteiger partial charge is 0.255 e. The zero-order chi connectivity index (χ0) is 79.9. The van der Waals surface area contributed by atoms with Crippen LogP contribution in [-0.4, -0.2) is 52.3 Å². The number of thiazole rings is 2. The van der Waals surface area contributed by atoms with Crippen molar-refractivity contribution in [1.82, 2.24) is 15.3 Å². The van der Waals surface area contributed by atoms with E-state index in [-0.39, 0.29) is 33.0 Å². The van der Waals surface area contributed by atoms with Crippen LogP contribution in [0.15, 0.2) is 244 Å². The van der Waals surface area contributed by atoms with Crippen LogP contribution in [-0.2, 0) is 27.1 Å². The Bertz CT molecular complexity index is 4890. The van der Waals surface area contributed by atoms with E-state index in [2.05, 4.69) is 339 Å². The Morgan fingerprint density at radius 1 is 0.413 bits per heavy atom. The number of piperazine rings is 1. The van der Waals surface area contributed by atoms with Crippen LogP contribution in [0.25, 0.3) is 41.6 Å². The Kier molecular flexibility index (Phi) is 32.0. The summed E-state index contributed by atoms with van der Waals surface area (Å²) in [4.78, 5) is 36.0. The number of rotatable bonds is 8. The Morgan fingerprint density at radius 2 is 0.725 bits per heavy atom. The van der Waals surface area contributed by atoms with Gasteiger partial charge in [-0.25, -0.2) is 9.97 Å². The molecule has 1 fully saturated rings. The molecule has 0 atom stereocenters. The van der Waals surface area contributed by atoms with Crippen molar-refractivity contribution in [3.63, 3.8) is 0 Å². The van der Waals surface area contributed by atoms with E-state index in [1.165, 1.54) is 54.0 Å². The molecule has 0 bridgehead atoms. The molecule has 3 heterocycles. The molecule has 20 heteroatoms. The van der Waals surface area contributed by atoms with Gasteiger partial charge in [0.1, 0.15) is 20.5 Å². The number of nitrogens with one attached hydrogen (secondary N) is 3. The molecule has 1 saturated heterocycles. The first kappa shape index (κ1) is 88.8. The van der Waals surface area contributed by atoms with Crippen LogP contribution in [0, 0.1) is 0 Å². The number of anilines is 4. The number of nitrogens with two attached hydrogens (primary N) is 1. The van der Waals surface area contributed by atoms with Crippen molar-refractivity contribution in [2.45, 2.75) is 131 Å². The normalized spacial score (nSPS) is 12.3. The standard InChI is InChI=1S/C21H25N3S.C17H17Br2NO.C17H17Br2NS.C17H16BrNS.C11H13ClO.C6H5Br2N/c1-21(2,3)16-9-7-15(8-10-16)20-23-19-17(5-4-6-18(19)25-20)24-13-11-22-12-14-24;2*1-17(2,3)12-9-7-11(8-10-12)16(21)20-15-13(18)5-4-6-14(15)19;1-17(2,3)12-9-7-11(8-10-12)16-19-15-13(18)5-4-6-14(15)20-16;1-11(2,3)9-6-4-8(5-7-9)10(12)13;7-4-2-1-3-5(8)6(4)9/h4-10,22H,11-14H2,1-3H3;2*4-10H,1-3H3,(H,20,21);4-10H,1-3H3;4-7H,1-3H3;1-3H,9H2. The quantitative estimate of drug-likeness (QED) is 0.0669. The Labute approximate surface area is 722 Å². The van der Waals surface area contributed by atoms with E-state index in [4.69, 9.17) is 39.5 Å². The van der Waals surface area contributed by atoms with Crippen molar-refractivity contribution >= 4 is 217 Å². The number of halogens is 8. The minimum atomic E-state index is -0.402. The van der Waals surface area contributed by atoms with Gasteiger partial charge in [-0.05, 0) is 263 Å². The van der Waals surface area contributed by atoms with Gasteiger partial charge >= 0.3 is 0 Å². The number of fused-ring (bicyclic) bond motifs is 2. The lowest BCUT2D eigenvalue weighted by Gasteiger charge is -2.29. The van der Waals surface area contributed by atoms with Crippen molar-refractivity contribution in [2.24, 2.45) is 0 Å². The summed E-state index contributed by atoms with van der Waals surface area (Å²) in [6.45, 7) is 37.1. The first-order valence-corrected chi connectivity index (χ1v) is 43.5. The van der Waals surface area contributed by atoms with E-state index < -0.39 is 5.24 Å². The summed E-state index contributed by atoms with van der Waals surface area (Å²) >= 11 is 38.5. The number of carbonyl (C=O) groups is 2. The van der Waals surface area contributed by atoms with E-state index >= 15 is 0 Å². The molecule has 1 amide bonds. The minimum absolute atomic E-state index is 0.0838. The number of carbonyl (C=O) groups excluding carboxylic acids is 2. The second-order valence-corrected chi connectivity index (χ2v) is 39.9. The number of nitrogen functional groups attached to an aromatic ring is 1.